The molecule has 0 aromatic carbocycles. The molecule has 14 heteroatoms. The average molecular weight is 412 g/mol. The lowest BCUT2D eigenvalue weighted by molar-refractivity contribution is 0.0773. The van der Waals surface area contributed by atoms with E-state index in [0.717, 1.165) is 4.57 Å². The van der Waals surface area contributed by atoms with E-state index >= 15 is 0 Å². The van der Waals surface area contributed by atoms with Crippen LogP contribution in [0.2, 0.25) is 5.16 Å². The normalized spacial score (nSPS) is 12.7. The minimum absolute atomic E-state index is 0.0781. The third kappa shape index (κ3) is 4.29. The number of nitrogens with one attached hydrogen (secondary N) is 2. The predicted molar refractivity (Wildman–Crippen MR) is 93.9 cm³/mol. The molecule has 12 nitrogen and oxygen atoms in total. The molecule has 0 bridgehead atoms. The van der Waals surface area contributed by atoms with Crippen LogP contribution in [0.1, 0.15) is 6.42 Å². The van der Waals surface area contributed by atoms with Crippen LogP contribution in [0.15, 0.2) is 14.4 Å². The van der Waals surface area contributed by atoms with E-state index in [0.29, 0.717) is 0 Å². The molecular weight excluding hydrogens is 386 g/mol. The molecule has 0 saturated carbocycles. The molecule has 0 aliphatic rings. The van der Waals surface area contributed by atoms with Gasteiger partial charge in [-0.25, -0.2) is 19.0 Å². The van der Waals surface area contributed by atoms with Crippen LogP contribution in [-0.4, -0.2) is 74.8 Å². The van der Waals surface area contributed by atoms with Gasteiger partial charge in [0.05, 0.1) is 0 Å². The molecule has 1 heterocycles. The zero-order chi connectivity index (χ0) is 20.0. The Kier molecular flexibility index (Phi) is 8.29. The highest BCUT2D eigenvalue weighted by Crippen LogP contribution is 2.37. The summed E-state index contributed by atoms with van der Waals surface area (Å²) in [5.74, 6) is 0. The molecule has 26 heavy (non-hydrogen) atoms. The van der Waals surface area contributed by atoms with Crippen LogP contribution in [-0.2, 0) is 33.1 Å². The van der Waals surface area contributed by atoms with Gasteiger partial charge in [0, 0.05) is 49.2 Å². The van der Waals surface area contributed by atoms with Crippen molar-refractivity contribution >= 4 is 17.6 Å². The lowest BCUT2D eigenvalue weighted by atomic mass is 10.5. The molecule has 0 radical (unpaired) electrons. The maximum absolute atomic E-state index is 11.9. The molecule has 2 N–H and O–H groups in total. The van der Waals surface area contributed by atoms with Crippen molar-refractivity contribution in [2.24, 2.45) is 0 Å². The van der Waals surface area contributed by atoms with Crippen LogP contribution >= 0.6 is 0 Å². The Morgan fingerprint density at radius 1 is 0.769 bits per heavy atom. The van der Waals surface area contributed by atoms with E-state index in [-0.39, 0.29) is 13.0 Å². The van der Waals surface area contributed by atoms with Gasteiger partial charge in [-0.1, -0.05) is 0 Å². The fourth-order valence-corrected chi connectivity index (χ4v) is 10.4. The molecule has 0 atom stereocenters. The van der Waals surface area contributed by atoms with Crippen molar-refractivity contribution in [2.45, 2.75) is 18.1 Å². The highest BCUT2D eigenvalue weighted by Gasteiger charge is 2.63. The molecular formula is C12H25N3O9Si2. The van der Waals surface area contributed by atoms with Gasteiger partial charge in [0.25, 0.3) is 0 Å². The van der Waals surface area contributed by atoms with Crippen molar-refractivity contribution < 1.29 is 26.6 Å². The van der Waals surface area contributed by atoms with Gasteiger partial charge in [-0.15, -0.1) is 0 Å². The maximum Gasteiger partial charge on any atom is 0.508 e. The smallest absolute Gasteiger partial charge is 0.377 e. The van der Waals surface area contributed by atoms with Crippen molar-refractivity contribution in [2.75, 3.05) is 42.7 Å². The molecule has 0 saturated heterocycles. The SMILES string of the molecule is CO[Si](OC)(OC)C(CCn1c(=O)[nH]c(=O)[nH]c1=O)[Si](OC)(OC)OC. The summed E-state index contributed by atoms with van der Waals surface area (Å²) in [5, 5.41) is -0.645. The standard InChI is InChI=1S/C12H25N3O9Si2/c1-19-25(20-2,21-3)9(26(22-4,23-5)24-6)7-8-15-11(17)13-10(16)14-12(15)18/h9H,7-8H2,1-6H3,(H2,13,14,16,17,18). The Bertz CT molecular complexity index is 668. The van der Waals surface area contributed by atoms with E-state index in [9.17, 15) is 14.4 Å². The molecule has 0 spiro atoms. The second kappa shape index (κ2) is 9.51. The van der Waals surface area contributed by atoms with Gasteiger partial charge in [-0.05, 0) is 6.42 Å². The van der Waals surface area contributed by atoms with Crippen molar-refractivity contribution in [1.82, 2.24) is 14.5 Å². The van der Waals surface area contributed by atoms with Crippen LogP contribution in [0.5, 0.6) is 0 Å². The molecule has 0 fully saturated rings. The highest BCUT2D eigenvalue weighted by molar-refractivity contribution is 6.82. The number of hydrogen-bond acceptors (Lipinski definition) is 9. The Labute approximate surface area is 151 Å². The third-order valence-corrected chi connectivity index (χ3v) is 12.0. The monoisotopic (exact) mass is 411 g/mol. The zero-order valence-electron chi connectivity index (χ0n) is 15.6. The van der Waals surface area contributed by atoms with E-state index in [1.807, 2.05) is 9.97 Å². The topological polar surface area (TPSA) is 143 Å². The first-order valence-electron chi connectivity index (χ1n) is 7.54. The summed E-state index contributed by atoms with van der Waals surface area (Å²) < 4.78 is 34.1. The fraction of sp³-hybridized carbons (Fsp3) is 0.750. The van der Waals surface area contributed by atoms with Gasteiger partial charge in [-0.3, -0.25) is 9.97 Å². The van der Waals surface area contributed by atoms with Gasteiger partial charge in [0.15, 0.2) is 0 Å². The molecule has 0 aliphatic heterocycles. The first-order valence-corrected chi connectivity index (χ1v) is 11.1. The molecule has 1 aromatic rings. The first kappa shape index (κ1) is 22.6. The zero-order valence-corrected chi connectivity index (χ0v) is 17.6. The van der Waals surface area contributed by atoms with Crippen LogP contribution in [0.3, 0.4) is 0 Å². The van der Waals surface area contributed by atoms with Crippen LogP contribution in [0, 0.1) is 0 Å². The highest BCUT2D eigenvalue weighted by atomic mass is 28.5. The molecule has 0 amide bonds. The minimum atomic E-state index is -3.36. The van der Waals surface area contributed by atoms with Crippen LogP contribution < -0.4 is 17.1 Å². The first-order chi connectivity index (χ1) is 12.3. The second-order valence-corrected chi connectivity index (χ2v) is 11.9. The lowest BCUT2D eigenvalue weighted by Crippen LogP contribution is -2.62. The second-order valence-electron chi connectivity index (χ2n) is 5.11. The van der Waals surface area contributed by atoms with Crippen molar-refractivity contribution in [3.8, 4) is 0 Å². The van der Waals surface area contributed by atoms with Gasteiger partial charge in [0.2, 0.25) is 0 Å². The lowest BCUT2D eigenvalue weighted by Gasteiger charge is -2.39. The summed E-state index contributed by atoms with van der Waals surface area (Å²) in [6.07, 6.45) is 0.137. The Balaban J connectivity index is 3.37. The summed E-state index contributed by atoms with van der Waals surface area (Å²) >= 11 is 0. The van der Waals surface area contributed by atoms with E-state index < -0.39 is 39.8 Å². The quantitative estimate of drug-likeness (QED) is 0.406. The Hall–Kier alpha value is -1.40. The Morgan fingerprint density at radius 3 is 1.42 bits per heavy atom. The Morgan fingerprint density at radius 2 is 1.12 bits per heavy atom. The fourth-order valence-electron chi connectivity index (χ4n) is 2.84. The summed E-state index contributed by atoms with van der Waals surface area (Å²) in [7, 11) is 1.82. The molecule has 1 aromatic heterocycles. The number of H-pyrrole nitrogens is 2. The maximum atomic E-state index is 11.9. The third-order valence-electron chi connectivity index (χ3n) is 4.13. The average Bonchev–Trinajstić information content (AvgIpc) is 2.63. The minimum Gasteiger partial charge on any atom is -0.377 e. The molecule has 150 valence electrons. The molecule has 0 aliphatic carbocycles. The van der Waals surface area contributed by atoms with Gasteiger partial charge >= 0.3 is 34.7 Å². The summed E-state index contributed by atoms with van der Waals surface area (Å²) in [5.41, 5.74) is -2.55. The number of nitrogens with zero attached hydrogens (tertiary/aromatic N) is 1. The number of hydrogen-bond donors (Lipinski definition) is 2. The van der Waals surface area contributed by atoms with Crippen molar-refractivity contribution in [1.29, 1.82) is 0 Å². The molecule has 0 unspecified atom stereocenters. The summed E-state index contributed by atoms with van der Waals surface area (Å²) in [6.45, 7) is -0.0781. The van der Waals surface area contributed by atoms with E-state index in [1.165, 1.54) is 42.7 Å². The van der Waals surface area contributed by atoms with E-state index in [4.69, 9.17) is 26.6 Å². The number of aromatic amines is 2. The van der Waals surface area contributed by atoms with Gasteiger partial charge < -0.3 is 26.6 Å². The summed E-state index contributed by atoms with van der Waals surface area (Å²) in [6, 6.07) is 0. The van der Waals surface area contributed by atoms with E-state index in [1.54, 1.807) is 0 Å². The van der Waals surface area contributed by atoms with Crippen molar-refractivity contribution in [3.05, 3.63) is 31.5 Å². The predicted octanol–water partition coefficient (Wildman–Crippen LogP) is -1.72. The van der Waals surface area contributed by atoms with Crippen LogP contribution in [0.25, 0.3) is 0 Å². The van der Waals surface area contributed by atoms with Gasteiger partial charge in [-0.2, -0.15) is 0 Å². The largest absolute Gasteiger partial charge is 0.508 e. The van der Waals surface area contributed by atoms with Gasteiger partial charge in [0.1, 0.15) is 5.16 Å². The summed E-state index contributed by atoms with van der Waals surface area (Å²) in [4.78, 5) is 39.0. The number of aromatic nitrogens is 3. The van der Waals surface area contributed by atoms with Crippen molar-refractivity contribution in [3.63, 3.8) is 0 Å². The molecule has 1 rings (SSSR count). The van der Waals surface area contributed by atoms with E-state index in [2.05, 4.69) is 0 Å². The van der Waals surface area contributed by atoms with Crippen LogP contribution in [0.4, 0.5) is 0 Å². The number of rotatable bonds is 11.